The fourth-order valence-electron chi connectivity index (χ4n) is 2.43. The fraction of sp³-hybridized carbons (Fsp3) is 0.222. The number of hydrogen-bond acceptors (Lipinski definition) is 2. The smallest absolute Gasteiger partial charge is 0.163 e. The Morgan fingerprint density at radius 1 is 1.10 bits per heavy atom. The Bertz CT molecular complexity index is 723. The lowest BCUT2D eigenvalue weighted by molar-refractivity contribution is 0.0982. The van der Waals surface area contributed by atoms with Crippen molar-refractivity contribution in [3.05, 3.63) is 65.5 Å². The van der Waals surface area contributed by atoms with E-state index in [-0.39, 0.29) is 5.78 Å². The van der Waals surface area contributed by atoms with Gasteiger partial charge in [-0.1, -0.05) is 43.3 Å². The van der Waals surface area contributed by atoms with Gasteiger partial charge in [0.15, 0.2) is 5.78 Å². The van der Waals surface area contributed by atoms with Crippen molar-refractivity contribution >= 4 is 16.8 Å². The molecule has 1 N–H and O–H groups in total. The number of imidazole rings is 1. The van der Waals surface area contributed by atoms with Crippen LogP contribution in [0.2, 0.25) is 0 Å². The number of Topliss-reactive ketones (excluding diaryl/α,β-unsaturated/α-hetero) is 1. The minimum Gasteiger partial charge on any atom is -0.342 e. The van der Waals surface area contributed by atoms with Crippen LogP contribution in [0.1, 0.15) is 35.1 Å². The number of nitrogens with zero attached hydrogens (tertiary/aromatic N) is 1. The number of aromatic nitrogens is 2. The van der Waals surface area contributed by atoms with Gasteiger partial charge in [-0.3, -0.25) is 4.79 Å². The van der Waals surface area contributed by atoms with Crippen LogP contribution in [0.15, 0.2) is 48.5 Å². The van der Waals surface area contributed by atoms with Crippen LogP contribution in [0.25, 0.3) is 11.0 Å². The zero-order valence-corrected chi connectivity index (χ0v) is 12.1. The van der Waals surface area contributed by atoms with Gasteiger partial charge in [0.1, 0.15) is 5.82 Å². The van der Waals surface area contributed by atoms with E-state index < -0.39 is 0 Å². The summed E-state index contributed by atoms with van der Waals surface area (Å²) in [6.07, 6.45) is 2.11. The molecule has 0 amide bonds. The molecule has 0 saturated carbocycles. The number of benzene rings is 2. The van der Waals surface area contributed by atoms with E-state index in [1.165, 1.54) is 5.56 Å². The highest BCUT2D eigenvalue weighted by Gasteiger charge is 2.08. The molecule has 0 radical (unpaired) electrons. The maximum atomic E-state index is 12.2. The van der Waals surface area contributed by atoms with Gasteiger partial charge in [0, 0.05) is 18.4 Å². The number of hydrogen-bond donors (Lipinski definition) is 1. The third-order valence-electron chi connectivity index (χ3n) is 3.71. The van der Waals surface area contributed by atoms with Crippen LogP contribution < -0.4 is 0 Å². The Kier molecular flexibility index (Phi) is 3.82. The molecule has 3 rings (SSSR count). The number of fused-ring (bicyclic) bond motifs is 1. The molecule has 0 atom stereocenters. The van der Waals surface area contributed by atoms with Gasteiger partial charge in [0.05, 0.1) is 11.0 Å². The maximum absolute atomic E-state index is 12.2. The van der Waals surface area contributed by atoms with Gasteiger partial charge in [0.25, 0.3) is 0 Å². The van der Waals surface area contributed by atoms with Crippen LogP contribution in [-0.4, -0.2) is 15.8 Å². The Morgan fingerprint density at radius 2 is 1.86 bits per heavy atom. The van der Waals surface area contributed by atoms with Gasteiger partial charge in [-0.25, -0.2) is 4.98 Å². The SMILES string of the molecule is CCc1ccc(C(=O)CCc2nc3ccccc3[nH]2)cc1. The van der Waals surface area contributed by atoms with Crippen LogP contribution in [-0.2, 0) is 12.8 Å². The molecule has 1 heterocycles. The predicted molar refractivity (Wildman–Crippen MR) is 84.6 cm³/mol. The topological polar surface area (TPSA) is 45.8 Å². The molecule has 0 aliphatic heterocycles. The summed E-state index contributed by atoms with van der Waals surface area (Å²) in [4.78, 5) is 19.9. The van der Waals surface area contributed by atoms with Crippen LogP contribution in [0.3, 0.4) is 0 Å². The van der Waals surface area contributed by atoms with Crippen molar-refractivity contribution in [2.24, 2.45) is 0 Å². The first kappa shape index (κ1) is 13.6. The number of aryl methyl sites for hydroxylation is 2. The average Bonchev–Trinajstić information content (AvgIpc) is 2.95. The van der Waals surface area contributed by atoms with Crippen molar-refractivity contribution < 1.29 is 4.79 Å². The highest BCUT2D eigenvalue weighted by molar-refractivity contribution is 5.96. The summed E-state index contributed by atoms with van der Waals surface area (Å²) < 4.78 is 0. The third kappa shape index (κ3) is 3.02. The molecule has 3 heteroatoms. The number of aromatic amines is 1. The number of carbonyl (C=O) groups is 1. The van der Waals surface area contributed by atoms with Crippen molar-refractivity contribution in [2.45, 2.75) is 26.2 Å². The molecule has 0 spiro atoms. The first-order chi connectivity index (χ1) is 10.3. The van der Waals surface area contributed by atoms with Gasteiger partial charge in [-0.2, -0.15) is 0 Å². The first-order valence-electron chi connectivity index (χ1n) is 7.32. The number of ketones is 1. The summed E-state index contributed by atoms with van der Waals surface area (Å²) in [6.45, 7) is 2.11. The quantitative estimate of drug-likeness (QED) is 0.718. The summed E-state index contributed by atoms with van der Waals surface area (Å²) >= 11 is 0. The number of rotatable bonds is 5. The summed E-state index contributed by atoms with van der Waals surface area (Å²) in [7, 11) is 0. The molecule has 0 aliphatic rings. The lowest BCUT2D eigenvalue weighted by Gasteiger charge is -2.01. The largest absolute Gasteiger partial charge is 0.342 e. The van der Waals surface area contributed by atoms with Gasteiger partial charge >= 0.3 is 0 Å². The van der Waals surface area contributed by atoms with E-state index in [9.17, 15) is 4.79 Å². The second-order valence-corrected chi connectivity index (χ2v) is 5.17. The number of carbonyl (C=O) groups excluding carboxylic acids is 1. The van der Waals surface area contributed by atoms with Crippen molar-refractivity contribution in [3.63, 3.8) is 0 Å². The Hall–Kier alpha value is -2.42. The standard InChI is InChI=1S/C18H18N2O/c1-2-13-7-9-14(10-8-13)17(21)11-12-18-19-15-5-3-4-6-16(15)20-18/h3-10H,2,11-12H2,1H3,(H,19,20). The predicted octanol–water partition coefficient (Wildman–Crippen LogP) is 3.94. The normalized spacial score (nSPS) is 10.9. The molecule has 0 bridgehead atoms. The van der Waals surface area contributed by atoms with Crippen LogP contribution in [0, 0.1) is 0 Å². The minimum absolute atomic E-state index is 0.165. The lowest BCUT2D eigenvalue weighted by atomic mass is 10.0. The third-order valence-corrected chi connectivity index (χ3v) is 3.71. The van der Waals surface area contributed by atoms with E-state index in [1.807, 2.05) is 48.5 Å². The molecule has 3 nitrogen and oxygen atoms in total. The Morgan fingerprint density at radius 3 is 2.57 bits per heavy atom. The monoisotopic (exact) mass is 278 g/mol. The van der Waals surface area contributed by atoms with Crippen molar-refractivity contribution in [1.29, 1.82) is 0 Å². The lowest BCUT2D eigenvalue weighted by Crippen LogP contribution is -2.02. The molecule has 1 aromatic heterocycles. The molecule has 0 unspecified atom stereocenters. The van der Waals surface area contributed by atoms with Gasteiger partial charge < -0.3 is 4.98 Å². The average molecular weight is 278 g/mol. The number of para-hydroxylation sites is 2. The van der Waals surface area contributed by atoms with Gasteiger partial charge in [-0.05, 0) is 24.1 Å². The van der Waals surface area contributed by atoms with Crippen molar-refractivity contribution in [3.8, 4) is 0 Å². The summed E-state index contributed by atoms with van der Waals surface area (Å²) in [5, 5.41) is 0. The fourth-order valence-corrected chi connectivity index (χ4v) is 2.43. The highest BCUT2D eigenvalue weighted by atomic mass is 16.1. The Balaban J connectivity index is 1.67. The molecular weight excluding hydrogens is 260 g/mol. The van der Waals surface area contributed by atoms with Crippen molar-refractivity contribution in [2.75, 3.05) is 0 Å². The molecule has 0 aliphatic carbocycles. The molecular formula is C18H18N2O. The van der Waals surface area contributed by atoms with Gasteiger partial charge in [0.2, 0.25) is 0 Å². The van der Waals surface area contributed by atoms with E-state index in [2.05, 4.69) is 16.9 Å². The van der Waals surface area contributed by atoms with Crippen LogP contribution in [0.5, 0.6) is 0 Å². The second-order valence-electron chi connectivity index (χ2n) is 5.17. The van der Waals surface area contributed by atoms with E-state index in [0.717, 1.165) is 28.8 Å². The van der Waals surface area contributed by atoms with Crippen LogP contribution in [0.4, 0.5) is 0 Å². The molecule has 0 saturated heterocycles. The number of nitrogens with one attached hydrogen (secondary N) is 1. The summed E-state index contributed by atoms with van der Waals surface area (Å²) in [6, 6.07) is 15.8. The summed E-state index contributed by atoms with van der Waals surface area (Å²) in [5.41, 5.74) is 4.01. The second kappa shape index (κ2) is 5.92. The van der Waals surface area contributed by atoms with E-state index in [0.29, 0.717) is 12.8 Å². The van der Waals surface area contributed by atoms with E-state index >= 15 is 0 Å². The maximum Gasteiger partial charge on any atom is 0.163 e. The molecule has 21 heavy (non-hydrogen) atoms. The zero-order chi connectivity index (χ0) is 14.7. The molecule has 3 aromatic rings. The van der Waals surface area contributed by atoms with E-state index in [4.69, 9.17) is 0 Å². The van der Waals surface area contributed by atoms with Crippen LogP contribution >= 0.6 is 0 Å². The zero-order valence-electron chi connectivity index (χ0n) is 12.1. The number of H-pyrrole nitrogens is 1. The first-order valence-corrected chi connectivity index (χ1v) is 7.32. The molecule has 2 aromatic carbocycles. The van der Waals surface area contributed by atoms with Gasteiger partial charge in [-0.15, -0.1) is 0 Å². The Labute approximate surface area is 124 Å². The molecule has 106 valence electrons. The van der Waals surface area contributed by atoms with Crippen molar-refractivity contribution in [1.82, 2.24) is 9.97 Å². The summed E-state index contributed by atoms with van der Waals surface area (Å²) in [5.74, 6) is 1.04. The van der Waals surface area contributed by atoms with E-state index in [1.54, 1.807) is 0 Å². The highest BCUT2D eigenvalue weighted by Crippen LogP contribution is 2.13. The minimum atomic E-state index is 0.165. The molecule has 0 fully saturated rings.